The largest absolute Gasteiger partial charge is 0.491 e. The third-order valence-corrected chi connectivity index (χ3v) is 4.16. The topological polar surface area (TPSA) is 29.8 Å². The van der Waals surface area contributed by atoms with E-state index in [0.717, 1.165) is 30.0 Å². The normalized spacial score (nSPS) is 14.0. The Bertz CT molecular complexity index is 809. The first-order chi connectivity index (χ1) is 11.3. The van der Waals surface area contributed by atoms with Crippen molar-refractivity contribution in [3.05, 3.63) is 48.8 Å². The van der Waals surface area contributed by atoms with Gasteiger partial charge in [-0.2, -0.15) is 0 Å². The molecule has 23 heavy (non-hydrogen) atoms. The van der Waals surface area contributed by atoms with E-state index < -0.39 is 6.67 Å². The summed E-state index contributed by atoms with van der Waals surface area (Å²) in [5, 5.41) is 0. The second-order valence-corrected chi connectivity index (χ2v) is 5.68. The molecular weight excluding hydrogens is 293 g/mol. The maximum absolute atomic E-state index is 12.1. The van der Waals surface area contributed by atoms with Crippen LogP contribution in [0.1, 0.15) is 6.42 Å². The van der Waals surface area contributed by atoms with Crippen LogP contribution in [-0.4, -0.2) is 35.8 Å². The average molecular weight is 311 g/mol. The summed E-state index contributed by atoms with van der Waals surface area (Å²) < 4.78 is 19.4. The van der Waals surface area contributed by atoms with E-state index in [4.69, 9.17) is 9.72 Å². The van der Waals surface area contributed by atoms with Crippen LogP contribution in [0, 0.1) is 0 Å². The molecule has 0 bridgehead atoms. The number of rotatable bonds is 5. The number of imidazole rings is 1. The number of anilines is 1. The van der Waals surface area contributed by atoms with Gasteiger partial charge >= 0.3 is 0 Å². The summed E-state index contributed by atoms with van der Waals surface area (Å²) in [6, 6.07) is 11.9. The Morgan fingerprint density at radius 1 is 1.13 bits per heavy atom. The Kier molecular flexibility index (Phi) is 3.61. The maximum Gasteiger partial charge on any atom is 0.139 e. The zero-order chi connectivity index (χ0) is 15.6. The van der Waals surface area contributed by atoms with E-state index in [1.807, 2.05) is 34.9 Å². The van der Waals surface area contributed by atoms with Crippen molar-refractivity contribution in [3.63, 3.8) is 0 Å². The van der Waals surface area contributed by atoms with Gasteiger partial charge in [0, 0.05) is 42.8 Å². The number of nitrogens with zero attached hydrogens (tertiary/aromatic N) is 3. The van der Waals surface area contributed by atoms with Crippen molar-refractivity contribution in [2.45, 2.75) is 6.42 Å². The summed E-state index contributed by atoms with van der Waals surface area (Å²) in [5.74, 6) is 0.676. The van der Waals surface area contributed by atoms with Gasteiger partial charge in [-0.05, 0) is 36.8 Å². The Morgan fingerprint density at radius 2 is 1.96 bits per heavy atom. The van der Waals surface area contributed by atoms with Crippen LogP contribution in [0.2, 0.25) is 0 Å². The smallest absolute Gasteiger partial charge is 0.139 e. The fourth-order valence-corrected chi connectivity index (χ4v) is 2.76. The van der Waals surface area contributed by atoms with Gasteiger partial charge in [0.25, 0.3) is 0 Å². The summed E-state index contributed by atoms with van der Waals surface area (Å²) in [6.45, 7) is 1.87. The molecule has 0 atom stereocenters. The van der Waals surface area contributed by atoms with E-state index in [9.17, 15) is 4.39 Å². The van der Waals surface area contributed by atoms with E-state index in [1.165, 1.54) is 12.1 Å². The quantitative estimate of drug-likeness (QED) is 0.721. The Balaban J connectivity index is 1.60. The van der Waals surface area contributed by atoms with Gasteiger partial charge in [0.1, 0.15) is 24.7 Å². The number of hydrogen-bond donors (Lipinski definition) is 0. The van der Waals surface area contributed by atoms with Crippen molar-refractivity contribution < 1.29 is 9.13 Å². The van der Waals surface area contributed by atoms with Crippen LogP contribution in [0.25, 0.3) is 16.9 Å². The predicted octanol–water partition coefficient (Wildman–Crippen LogP) is 3.56. The van der Waals surface area contributed by atoms with Crippen molar-refractivity contribution in [1.82, 2.24) is 9.38 Å². The molecule has 0 radical (unpaired) electrons. The fourth-order valence-electron chi connectivity index (χ4n) is 2.76. The number of pyridine rings is 1. The van der Waals surface area contributed by atoms with Gasteiger partial charge in [0.15, 0.2) is 0 Å². The fraction of sp³-hybridized carbons (Fsp3) is 0.278. The van der Waals surface area contributed by atoms with Gasteiger partial charge in [-0.3, -0.25) is 0 Å². The molecule has 3 aromatic rings. The molecule has 0 aliphatic carbocycles. The maximum atomic E-state index is 12.1. The van der Waals surface area contributed by atoms with E-state index in [1.54, 1.807) is 0 Å². The molecule has 3 heterocycles. The monoisotopic (exact) mass is 311 g/mol. The molecule has 2 aromatic heterocycles. The van der Waals surface area contributed by atoms with Gasteiger partial charge in [-0.25, -0.2) is 9.37 Å². The van der Waals surface area contributed by atoms with Crippen LogP contribution < -0.4 is 9.64 Å². The minimum absolute atomic E-state index is 0.0903. The minimum Gasteiger partial charge on any atom is -0.491 e. The molecule has 1 aliphatic rings. The van der Waals surface area contributed by atoms with E-state index in [-0.39, 0.29) is 6.61 Å². The van der Waals surface area contributed by atoms with Crippen molar-refractivity contribution in [2.24, 2.45) is 0 Å². The van der Waals surface area contributed by atoms with Gasteiger partial charge in [0.05, 0.1) is 5.69 Å². The summed E-state index contributed by atoms with van der Waals surface area (Å²) in [5.41, 5.74) is 4.12. The van der Waals surface area contributed by atoms with Gasteiger partial charge < -0.3 is 14.0 Å². The molecule has 4 nitrogen and oxygen atoms in total. The van der Waals surface area contributed by atoms with Crippen LogP contribution in [0.5, 0.6) is 5.75 Å². The molecule has 1 aromatic carbocycles. The molecule has 0 amide bonds. The highest BCUT2D eigenvalue weighted by atomic mass is 19.1. The highest BCUT2D eigenvalue weighted by molar-refractivity contribution is 5.66. The Labute approximate surface area is 134 Å². The van der Waals surface area contributed by atoms with Crippen molar-refractivity contribution in [1.29, 1.82) is 0 Å². The molecule has 0 spiro atoms. The molecule has 0 unspecified atom stereocenters. The third kappa shape index (κ3) is 2.74. The summed E-state index contributed by atoms with van der Waals surface area (Å²) >= 11 is 0. The second-order valence-electron chi connectivity index (χ2n) is 5.68. The summed E-state index contributed by atoms with van der Waals surface area (Å²) in [7, 11) is 0. The number of halogens is 1. The molecule has 1 saturated heterocycles. The standard InChI is InChI=1S/C18H18FN3O/c19-7-11-23-16-4-2-14(3-5-16)17-13-22-10-6-15(12-18(22)20-17)21-8-1-9-21/h2-6,10,12-13H,1,7-9,11H2. The lowest BCUT2D eigenvalue weighted by atomic mass is 10.2. The molecular formula is C18H18FN3O. The zero-order valence-electron chi connectivity index (χ0n) is 12.8. The Hall–Kier alpha value is -2.56. The third-order valence-electron chi connectivity index (χ3n) is 4.16. The first-order valence-electron chi connectivity index (χ1n) is 7.86. The number of benzene rings is 1. The van der Waals surface area contributed by atoms with Crippen LogP contribution >= 0.6 is 0 Å². The lowest BCUT2D eigenvalue weighted by Gasteiger charge is -2.33. The zero-order valence-corrected chi connectivity index (χ0v) is 12.8. The molecule has 0 saturated carbocycles. The van der Waals surface area contributed by atoms with Crippen molar-refractivity contribution in [3.8, 4) is 17.0 Å². The highest BCUT2D eigenvalue weighted by Crippen LogP contribution is 2.25. The Morgan fingerprint density at radius 3 is 2.65 bits per heavy atom. The molecule has 118 valence electrons. The number of hydrogen-bond acceptors (Lipinski definition) is 3. The van der Waals surface area contributed by atoms with E-state index >= 15 is 0 Å². The predicted molar refractivity (Wildman–Crippen MR) is 88.9 cm³/mol. The van der Waals surface area contributed by atoms with E-state index in [2.05, 4.69) is 23.2 Å². The van der Waals surface area contributed by atoms with E-state index in [0.29, 0.717) is 5.75 Å². The van der Waals surface area contributed by atoms with Gasteiger partial charge in [-0.15, -0.1) is 0 Å². The molecule has 0 N–H and O–H groups in total. The summed E-state index contributed by atoms with van der Waals surface area (Å²) in [6.07, 6.45) is 5.34. The minimum atomic E-state index is -0.479. The first-order valence-corrected chi connectivity index (χ1v) is 7.86. The highest BCUT2D eigenvalue weighted by Gasteiger charge is 2.15. The van der Waals surface area contributed by atoms with Gasteiger partial charge in [-0.1, -0.05) is 0 Å². The lowest BCUT2D eigenvalue weighted by Crippen LogP contribution is -2.36. The second kappa shape index (κ2) is 5.91. The molecule has 5 heteroatoms. The number of alkyl halides is 1. The van der Waals surface area contributed by atoms with Crippen LogP contribution in [-0.2, 0) is 0 Å². The molecule has 1 aliphatic heterocycles. The van der Waals surface area contributed by atoms with Crippen LogP contribution in [0.3, 0.4) is 0 Å². The molecule has 4 rings (SSSR count). The first kappa shape index (κ1) is 14.1. The molecule has 1 fully saturated rings. The van der Waals surface area contributed by atoms with Gasteiger partial charge in [0.2, 0.25) is 0 Å². The number of fused-ring (bicyclic) bond motifs is 1. The number of ether oxygens (including phenoxy) is 1. The average Bonchev–Trinajstić information content (AvgIpc) is 2.95. The lowest BCUT2D eigenvalue weighted by molar-refractivity contribution is 0.273. The SMILES string of the molecule is FCCOc1ccc(-c2cn3ccc(N4CCC4)cc3n2)cc1. The van der Waals surface area contributed by atoms with Crippen LogP contribution in [0.4, 0.5) is 10.1 Å². The summed E-state index contributed by atoms with van der Waals surface area (Å²) in [4.78, 5) is 7.06. The number of aromatic nitrogens is 2. The van der Waals surface area contributed by atoms with Crippen LogP contribution in [0.15, 0.2) is 48.8 Å². The van der Waals surface area contributed by atoms with Crippen molar-refractivity contribution >= 4 is 11.3 Å². The van der Waals surface area contributed by atoms with Crippen molar-refractivity contribution in [2.75, 3.05) is 31.3 Å².